The molecule has 2 heterocycles. The first-order valence-electron chi connectivity index (χ1n) is 8.61. The number of aromatic nitrogens is 2. The van der Waals surface area contributed by atoms with Crippen LogP contribution >= 0.6 is 0 Å². The van der Waals surface area contributed by atoms with Crippen LogP contribution in [0.15, 0.2) is 36.5 Å². The fraction of sp³-hybridized carbons (Fsp3) is 0.250. The molecule has 138 valence electrons. The summed E-state index contributed by atoms with van der Waals surface area (Å²) in [7, 11) is 1.59. The maximum atomic E-state index is 11.7. The van der Waals surface area contributed by atoms with Gasteiger partial charge in [0.2, 0.25) is 5.95 Å². The highest BCUT2D eigenvalue weighted by atomic mass is 16.5. The summed E-state index contributed by atoms with van der Waals surface area (Å²) in [6.45, 7) is 3.95. The second-order valence-corrected chi connectivity index (χ2v) is 7.01. The number of benzene rings is 2. The van der Waals surface area contributed by atoms with Crippen molar-refractivity contribution in [3.05, 3.63) is 53.2 Å². The Hall–Kier alpha value is -3.19. The molecule has 0 saturated heterocycles. The van der Waals surface area contributed by atoms with E-state index in [4.69, 9.17) is 4.74 Å². The van der Waals surface area contributed by atoms with Crippen molar-refractivity contribution in [3.8, 4) is 5.75 Å². The molecule has 0 aliphatic carbocycles. The SMILES string of the molecule is COc1ccc(C(C)(C)O)c2nc(Nc3ccc4c(c3)CNC4=O)ncc12. The highest BCUT2D eigenvalue weighted by Crippen LogP contribution is 2.33. The largest absolute Gasteiger partial charge is 0.496 e. The van der Waals surface area contributed by atoms with E-state index in [1.54, 1.807) is 39.3 Å². The smallest absolute Gasteiger partial charge is 0.251 e. The van der Waals surface area contributed by atoms with Crippen molar-refractivity contribution in [1.82, 2.24) is 15.3 Å². The summed E-state index contributed by atoms with van der Waals surface area (Å²) in [6.07, 6.45) is 1.68. The number of hydrogen-bond donors (Lipinski definition) is 3. The third-order valence-corrected chi connectivity index (χ3v) is 4.64. The summed E-state index contributed by atoms with van der Waals surface area (Å²) in [6, 6.07) is 9.12. The molecule has 0 bridgehead atoms. The molecule has 1 aliphatic rings. The van der Waals surface area contributed by atoms with E-state index in [1.807, 2.05) is 18.2 Å². The van der Waals surface area contributed by atoms with Gasteiger partial charge >= 0.3 is 0 Å². The molecule has 1 aromatic heterocycles. The van der Waals surface area contributed by atoms with Crippen LogP contribution in [0.2, 0.25) is 0 Å². The van der Waals surface area contributed by atoms with Gasteiger partial charge in [-0.3, -0.25) is 4.79 Å². The summed E-state index contributed by atoms with van der Waals surface area (Å²) in [5.41, 5.74) is 2.66. The fourth-order valence-electron chi connectivity index (χ4n) is 3.27. The average molecular weight is 364 g/mol. The van der Waals surface area contributed by atoms with E-state index >= 15 is 0 Å². The molecule has 0 atom stereocenters. The average Bonchev–Trinajstić information content (AvgIpc) is 3.00. The zero-order chi connectivity index (χ0) is 19.2. The van der Waals surface area contributed by atoms with Gasteiger partial charge in [0.25, 0.3) is 5.91 Å². The second kappa shape index (κ2) is 6.21. The van der Waals surface area contributed by atoms with Crippen LogP contribution in [0, 0.1) is 0 Å². The van der Waals surface area contributed by atoms with Gasteiger partial charge < -0.3 is 20.5 Å². The number of methoxy groups -OCH3 is 1. The maximum Gasteiger partial charge on any atom is 0.251 e. The number of carbonyl (C=O) groups is 1. The Morgan fingerprint density at radius 2 is 2.07 bits per heavy atom. The van der Waals surface area contributed by atoms with Gasteiger partial charge in [-0.05, 0) is 43.7 Å². The summed E-state index contributed by atoms with van der Waals surface area (Å²) >= 11 is 0. The predicted octanol–water partition coefficient (Wildman–Crippen LogP) is 2.85. The van der Waals surface area contributed by atoms with Gasteiger partial charge in [-0.15, -0.1) is 0 Å². The first kappa shape index (κ1) is 17.2. The molecule has 27 heavy (non-hydrogen) atoms. The maximum absolute atomic E-state index is 11.7. The van der Waals surface area contributed by atoms with E-state index in [9.17, 15) is 9.90 Å². The van der Waals surface area contributed by atoms with E-state index in [1.165, 1.54) is 0 Å². The van der Waals surface area contributed by atoms with Crippen molar-refractivity contribution >= 4 is 28.4 Å². The number of anilines is 2. The number of fused-ring (bicyclic) bond motifs is 2. The minimum absolute atomic E-state index is 0.0552. The van der Waals surface area contributed by atoms with Crippen LogP contribution < -0.4 is 15.4 Å². The third-order valence-electron chi connectivity index (χ3n) is 4.64. The number of ether oxygens (including phenoxy) is 1. The predicted molar refractivity (Wildman–Crippen MR) is 102 cm³/mol. The molecule has 7 heteroatoms. The van der Waals surface area contributed by atoms with Crippen molar-refractivity contribution in [3.63, 3.8) is 0 Å². The number of nitrogens with zero attached hydrogens (tertiary/aromatic N) is 2. The lowest BCUT2D eigenvalue weighted by atomic mass is 9.95. The van der Waals surface area contributed by atoms with Crippen molar-refractivity contribution in [1.29, 1.82) is 0 Å². The minimum atomic E-state index is -1.06. The Balaban J connectivity index is 1.76. The molecule has 3 aromatic rings. The quantitative estimate of drug-likeness (QED) is 0.659. The molecule has 0 spiro atoms. The molecule has 1 aliphatic heterocycles. The number of amides is 1. The van der Waals surface area contributed by atoms with Crippen LogP contribution in [0.4, 0.5) is 11.6 Å². The van der Waals surface area contributed by atoms with Crippen LogP contribution in [-0.4, -0.2) is 28.1 Å². The summed E-state index contributed by atoms with van der Waals surface area (Å²) in [5, 5.41) is 17.2. The van der Waals surface area contributed by atoms with Gasteiger partial charge in [-0.2, -0.15) is 0 Å². The van der Waals surface area contributed by atoms with Crippen LogP contribution in [0.25, 0.3) is 10.9 Å². The zero-order valence-electron chi connectivity index (χ0n) is 15.3. The number of rotatable bonds is 4. The van der Waals surface area contributed by atoms with Crippen molar-refractivity contribution in [2.75, 3.05) is 12.4 Å². The van der Waals surface area contributed by atoms with E-state index in [2.05, 4.69) is 20.6 Å². The van der Waals surface area contributed by atoms with Gasteiger partial charge in [0.15, 0.2) is 0 Å². The molecule has 2 aromatic carbocycles. The molecule has 1 amide bonds. The Morgan fingerprint density at radius 3 is 2.81 bits per heavy atom. The van der Waals surface area contributed by atoms with Crippen LogP contribution in [0.5, 0.6) is 5.75 Å². The molecule has 0 fully saturated rings. The lowest BCUT2D eigenvalue weighted by molar-refractivity contribution is 0.0799. The van der Waals surface area contributed by atoms with E-state index in [0.717, 1.165) is 16.6 Å². The highest BCUT2D eigenvalue weighted by molar-refractivity contribution is 5.98. The number of aliphatic hydroxyl groups is 1. The lowest BCUT2D eigenvalue weighted by Gasteiger charge is -2.20. The molecular formula is C20H20N4O3. The van der Waals surface area contributed by atoms with E-state index in [-0.39, 0.29) is 5.91 Å². The van der Waals surface area contributed by atoms with E-state index in [0.29, 0.717) is 34.9 Å². The Morgan fingerprint density at radius 1 is 1.26 bits per heavy atom. The van der Waals surface area contributed by atoms with Crippen LogP contribution in [0.1, 0.15) is 35.3 Å². The first-order chi connectivity index (χ1) is 12.9. The van der Waals surface area contributed by atoms with Gasteiger partial charge in [-0.25, -0.2) is 9.97 Å². The Labute approximate surface area is 156 Å². The molecule has 7 nitrogen and oxygen atoms in total. The van der Waals surface area contributed by atoms with Crippen LogP contribution in [0.3, 0.4) is 0 Å². The van der Waals surface area contributed by atoms with E-state index < -0.39 is 5.60 Å². The summed E-state index contributed by atoms with van der Waals surface area (Å²) < 4.78 is 5.39. The fourth-order valence-corrected chi connectivity index (χ4v) is 3.27. The highest BCUT2D eigenvalue weighted by Gasteiger charge is 2.22. The molecule has 0 saturated carbocycles. The Kier molecular flexibility index (Phi) is 3.96. The third kappa shape index (κ3) is 3.06. The number of carbonyl (C=O) groups excluding carboxylic acids is 1. The molecule has 0 unspecified atom stereocenters. The zero-order valence-corrected chi connectivity index (χ0v) is 15.3. The molecule has 4 rings (SSSR count). The number of nitrogens with one attached hydrogen (secondary N) is 2. The standard InChI is InChI=1S/C20H20N4O3/c1-20(2,26)15-6-7-16(27-3)14-10-22-19(24-17(14)15)23-12-4-5-13-11(8-12)9-21-18(13)25/h4-8,10,26H,9H2,1-3H3,(H,21,25)(H,22,23,24). The van der Waals surface area contributed by atoms with Gasteiger partial charge in [-0.1, -0.05) is 6.07 Å². The molecule has 3 N–H and O–H groups in total. The minimum Gasteiger partial charge on any atom is -0.496 e. The second-order valence-electron chi connectivity index (χ2n) is 7.01. The van der Waals surface area contributed by atoms with Crippen molar-refractivity contribution < 1.29 is 14.6 Å². The first-order valence-corrected chi connectivity index (χ1v) is 8.61. The lowest BCUT2D eigenvalue weighted by Crippen LogP contribution is -2.17. The topological polar surface area (TPSA) is 96.4 Å². The van der Waals surface area contributed by atoms with Crippen molar-refractivity contribution in [2.45, 2.75) is 26.0 Å². The van der Waals surface area contributed by atoms with Crippen LogP contribution in [-0.2, 0) is 12.1 Å². The molecular weight excluding hydrogens is 344 g/mol. The van der Waals surface area contributed by atoms with Gasteiger partial charge in [0, 0.05) is 29.6 Å². The van der Waals surface area contributed by atoms with Gasteiger partial charge in [0.05, 0.1) is 23.6 Å². The monoisotopic (exact) mass is 364 g/mol. The normalized spacial score (nSPS) is 13.4. The summed E-state index contributed by atoms with van der Waals surface area (Å²) in [5.74, 6) is 0.991. The van der Waals surface area contributed by atoms with Gasteiger partial charge in [0.1, 0.15) is 5.75 Å². The number of hydrogen-bond acceptors (Lipinski definition) is 6. The Bertz CT molecular complexity index is 1060. The summed E-state index contributed by atoms with van der Waals surface area (Å²) in [4.78, 5) is 20.7. The van der Waals surface area contributed by atoms with Crippen molar-refractivity contribution in [2.24, 2.45) is 0 Å². The molecule has 0 radical (unpaired) electrons.